The van der Waals surface area contributed by atoms with E-state index in [-0.39, 0.29) is 0 Å². The zero-order chi connectivity index (χ0) is 9.80. The molecule has 0 unspecified atom stereocenters. The summed E-state index contributed by atoms with van der Waals surface area (Å²) in [5.74, 6) is 1.45. The first-order valence-electron chi connectivity index (χ1n) is 4.34. The molecule has 3 heteroatoms. The van der Waals surface area contributed by atoms with Crippen molar-refractivity contribution in [1.82, 2.24) is 9.97 Å². The van der Waals surface area contributed by atoms with E-state index in [0.717, 1.165) is 5.75 Å². The lowest BCUT2D eigenvalue weighted by atomic mass is 10.2. The molecule has 0 amide bonds. The van der Waals surface area contributed by atoms with E-state index in [1.165, 1.54) is 11.9 Å². The first kappa shape index (κ1) is 8.69. The fraction of sp³-hybridized carbons (Fsp3) is 0.0909. The number of nitrogens with zero attached hydrogens (tertiary/aromatic N) is 2. The second-order valence-corrected chi connectivity index (χ2v) is 2.99. The summed E-state index contributed by atoms with van der Waals surface area (Å²) < 4.78 is 5.51. The van der Waals surface area contributed by atoms with Gasteiger partial charge in [0.05, 0.1) is 12.4 Å². The third-order valence-electron chi connectivity index (χ3n) is 1.79. The number of ether oxygens (including phenoxy) is 1. The van der Waals surface area contributed by atoms with Crippen molar-refractivity contribution in [3.8, 4) is 11.5 Å². The standard InChI is InChI=1S/C11H10N2O/c1-9-2-4-10(5-3-9)14-11-6-12-8-13-7-11/h2-8H,1H3. The molecule has 0 bridgehead atoms. The molecule has 1 aromatic carbocycles. The molecule has 3 nitrogen and oxygen atoms in total. The van der Waals surface area contributed by atoms with Crippen molar-refractivity contribution in [2.24, 2.45) is 0 Å². The highest BCUT2D eigenvalue weighted by Gasteiger charge is 1.95. The van der Waals surface area contributed by atoms with Gasteiger partial charge in [-0.2, -0.15) is 0 Å². The predicted octanol–water partition coefficient (Wildman–Crippen LogP) is 2.58. The zero-order valence-electron chi connectivity index (χ0n) is 7.84. The number of aryl methyl sites for hydroxylation is 1. The fourth-order valence-corrected chi connectivity index (χ4v) is 1.08. The first-order chi connectivity index (χ1) is 6.84. The summed E-state index contributed by atoms with van der Waals surface area (Å²) in [5.41, 5.74) is 1.21. The van der Waals surface area contributed by atoms with Crippen molar-refractivity contribution in [2.45, 2.75) is 6.92 Å². The fourth-order valence-electron chi connectivity index (χ4n) is 1.08. The molecule has 0 N–H and O–H groups in total. The summed E-state index contributed by atoms with van der Waals surface area (Å²) in [5, 5.41) is 0. The highest BCUT2D eigenvalue weighted by atomic mass is 16.5. The first-order valence-corrected chi connectivity index (χ1v) is 4.34. The third kappa shape index (κ3) is 2.07. The molecule has 14 heavy (non-hydrogen) atoms. The van der Waals surface area contributed by atoms with Gasteiger partial charge in [-0.1, -0.05) is 17.7 Å². The van der Waals surface area contributed by atoms with E-state index in [1.54, 1.807) is 12.4 Å². The van der Waals surface area contributed by atoms with Crippen molar-refractivity contribution >= 4 is 0 Å². The molecule has 0 aliphatic heterocycles. The summed E-state index contributed by atoms with van der Waals surface area (Å²) in [6, 6.07) is 7.84. The van der Waals surface area contributed by atoms with Crippen molar-refractivity contribution in [3.63, 3.8) is 0 Å². The number of hydrogen-bond acceptors (Lipinski definition) is 3. The van der Waals surface area contributed by atoms with E-state index in [4.69, 9.17) is 4.74 Å². The number of rotatable bonds is 2. The summed E-state index contributed by atoms with van der Waals surface area (Å²) in [6.07, 6.45) is 4.74. The van der Waals surface area contributed by atoms with Crippen LogP contribution >= 0.6 is 0 Å². The molecule has 70 valence electrons. The van der Waals surface area contributed by atoms with Crippen LogP contribution in [0.2, 0.25) is 0 Å². The Labute approximate surface area is 82.4 Å². The second kappa shape index (κ2) is 3.87. The minimum absolute atomic E-state index is 0.649. The summed E-state index contributed by atoms with van der Waals surface area (Å²) in [6.45, 7) is 2.04. The van der Waals surface area contributed by atoms with Crippen LogP contribution in [0.3, 0.4) is 0 Å². The monoisotopic (exact) mass is 186 g/mol. The van der Waals surface area contributed by atoms with Crippen molar-refractivity contribution in [2.75, 3.05) is 0 Å². The Morgan fingerprint density at radius 3 is 2.21 bits per heavy atom. The number of benzene rings is 1. The lowest BCUT2D eigenvalue weighted by Gasteiger charge is -2.03. The van der Waals surface area contributed by atoms with Crippen LogP contribution in [0.15, 0.2) is 43.0 Å². The van der Waals surface area contributed by atoms with E-state index in [1.807, 2.05) is 31.2 Å². The Hall–Kier alpha value is -1.90. The lowest BCUT2D eigenvalue weighted by Crippen LogP contribution is -1.86. The minimum Gasteiger partial charge on any atom is -0.454 e. The van der Waals surface area contributed by atoms with Crippen LogP contribution in [0.5, 0.6) is 11.5 Å². The van der Waals surface area contributed by atoms with E-state index in [9.17, 15) is 0 Å². The van der Waals surface area contributed by atoms with E-state index < -0.39 is 0 Å². The predicted molar refractivity (Wildman–Crippen MR) is 53.3 cm³/mol. The Kier molecular flexibility index (Phi) is 2.40. The quantitative estimate of drug-likeness (QED) is 0.723. The summed E-state index contributed by atoms with van der Waals surface area (Å²) in [7, 11) is 0. The molecule has 0 saturated heterocycles. The van der Waals surface area contributed by atoms with Crippen LogP contribution in [-0.2, 0) is 0 Å². The van der Waals surface area contributed by atoms with Crippen LogP contribution < -0.4 is 4.74 Å². The molecule has 2 aromatic rings. The SMILES string of the molecule is Cc1ccc(Oc2cncnc2)cc1. The lowest BCUT2D eigenvalue weighted by molar-refractivity contribution is 0.477. The molecule has 0 aliphatic carbocycles. The van der Waals surface area contributed by atoms with E-state index in [0.29, 0.717) is 5.75 Å². The van der Waals surface area contributed by atoms with Crippen molar-refractivity contribution in [3.05, 3.63) is 48.5 Å². The Morgan fingerprint density at radius 1 is 0.929 bits per heavy atom. The van der Waals surface area contributed by atoms with Gasteiger partial charge in [-0.25, -0.2) is 9.97 Å². The van der Waals surface area contributed by atoms with Gasteiger partial charge in [-0.15, -0.1) is 0 Å². The van der Waals surface area contributed by atoms with Crippen LogP contribution in [0, 0.1) is 6.92 Å². The van der Waals surface area contributed by atoms with Crippen LogP contribution in [-0.4, -0.2) is 9.97 Å². The molecule has 0 spiro atoms. The van der Waals surface area contributed by atoms with Gasteiger partial charge >= 0.3 is 0 Å². The molecule has 0 saturated carbocycles. The molecular formula is C11H10N2O. The Balaban J connectivity index is 2.16. The Morgan fingerprint density at radius 2 is 1.57 bits per heavy atom. The van der Waals surface area contributed by atoms with Gasteiger partial charge in [0.2, 0.25) is 0 Å². The average Bonchev–Trinajstić information content (AvgIpc) is 2.23. The van der Waals surface area contributed by atoms with Crippen LogP contribution in [0.25, 0.3) is 0 Å². The van der Waals surface area contributed by atoms with Gasteiger partial charge in [-0.05, 0) is 19.1 Å². The maximum Gasteiger partial charge on any atom is 0.163 e. The van der Waals surface area contributed by atoms with Crippen molar-refractivity contribution in [1.29, 1.82) is 0 Å². The molecular weight excluding hydrogens is 176 g/mol. The molecule has 0 atom stereocenters. The van der Waals surface area contributed by atoms with Gasteiger partial charge in [-0.3, -0.25) is 0 Å². The number of hydrogen-bond donors (Lipinski definition) is 0. The molecule has 0 radical (unpaired) electrons. The van der Waals surface area contributed by atoms with Gasteiger partial charge in [0.15, 0.2) is 5.75 Å². The van der Waals surface area contributed by atoms with Gasteiger partial charge < -0.3 is 4.74 Å². The summed E-state index contributed by atoms with van der Waals surface area (Å²) >= 11 is 0. The minimum atomic E-state index is 0.649. The highest BCUT2D eigenvalue weighted by Crippen LogP contribution is 2.19. The largest absolute Gasteiger partial charge is 0.454 e. The van der Waals surface area contributed by atoms with Gasteiger partial charge in [0.25, 0.3) is 0 Å². The smallest absolute Gasteiger partial charge is 0.163 e. The highest BCUT2D eigenvalue weighted by molar-refractivity contribution is 5.30. The maximum absolute atomic E-state index is 5.51. The molecule has 0 fully saturated rings. The van der Waals surface area contributed by atoms with E-state index >= 15 is 0 Å². The zero-order valence-corrected chi connectivity index (χ0v) is 7.84. The van der Waals surface area contributed by atoms with Crippen LogP contribution in [0.1, 0.15) is 5.56 Å². The Bertz CT molecular complexity index is 397. The average molecular weight is 186 g/mol. The summed E-state index contributed by atoms with van der Waals surface area (Å²) in [4.78, 5) is 7.72. The van der Waals surface area contributed by atoms with E-state index in [2.05, 4.69) is 9.97 Å². The number of aromatic nitrogens is 2. The normalized spacial score (nSPS) is 9.79. The second-order valence-electron chi connectivity index (χ2n) is 2.99. The molecule has 1 aromatic heterocycles. The van der Waals surface area contributed by atoms with Gasteiger partial charge in [0, 0.05) is 0 Å². The van der Waals surface area contributed by atoms with Gasteiger partial charge in [0.1, 0.15) is 12.1 Å². The molecule has 1 heterocycles. The van der Waals surface area contributed by atoms with Crippen LogP contribution in [0.4, 0.5) is 0 Å². The molecule has 0 aliphatic rings. The molecule has 2 rings (SSSR count). The topological polar surface area (TPSA) is 35.0 Å². The maximum atomic E-state index is 5.51. The van der Waals surface area contributed by atoms with Crippen molar-refractivity contribution < 1.29 is 4.74 Å². The third-order valence-corrected chi connectivity index (χ3v) is 1.79.